The fourth-order valence-electron chi connectivity index (χ4n) is 3.30. The summed E-state index contributed by atoms with van der Waals surface area (Å²) in [6, 6.07) is 8.14. The van der Waals surface area contributed by atoms with E-state index in [2.05, 4.69) is 10.3 Å². The molecule has 0 saturated heterocycles. The van der Waals surface area contributed by atoms with Crippen LogP contribution >= 0.6 is 0 Å². The van der Waals surface area contributed by atoms with E-state index in [0.717, 1.165) is 36.1 Å². The molecule has 112 valence electrons. The molecule has 2 aromatic rings. The van der Waals surface area contributed by atoms with Crippen molar-refractivity contribution in [2.75, 3.05) is 6.54 Å². The van der Waals surface area contributed by atoms with Crippen LogP contribution in [0.2, 0.25) is 0 Å². The van der Waals surface area contributed by atoms with Crippen molar-refractivity contribution in [3.63, 3.8) is 0 Å². The third kappa shape index (κ3) is 2.78. The number of rotatable bonds is 4. The molecule has 0 spiro atoms. The highest BCUT2D eigenvalue weighted by atomic mass is 16.2. The van der Waals surface area contributed by atoms with E-state index in [0.29, 0.717) is 19.0 Å². The largest absolute Gasteiger partial charge is 0.351 e. The summed E-state index contributed by atoms with van der Waals surface area (Å²) in [6.07, 6.45) is 3.31. The fraction of sp³-hybridized carbons (Fsp3) is 0.500. The van der Waals surface area contributed by atoms with Gasteiger partial charge in [-0.1, -0.05) is 18.6 Å². The minimum Gasteiger partial charge on any atom is -0.351 e. The van der Waals surface area contributed by atoms with Gasteiger partial charge in [-0.3, -0.25) is 4.79 Å². The average molecular weight is 286 g/mol. The monoisotopic (exact) mass is 286 g/mol. The summed E-state index contributed by atoms with van der Waals surface area (Å²) in [4.78, 5) is 16.8. The number of benzene rings is 1. The van der Waals surface area contributed by atoms with E-state index in [9.17, 15) is 4.79 Å². The van der Waals surface area contributed by atoms with Crippen molar-refractivity contribution >= 4 is 16.9 Å². The Balaban J connectivity index is 1.73. The minimum atomic E-state index is 0.0478. The van der Waals surface area contributed by atoms with Crippen LogP contribution in [0.3, 0.4) is 0 Å². The number of nitrogens with two attached hydrogens (primary N) is 1. The van der Waals surface area contributed by atoms with Crippen LogP contribution in [0.15, 0.2) is 24.3 Å². The molecular weight excluding hydrogens is 264 g/mol. The molecule has 0 bridgehead atoms. The zero-order valence-electron chi connectivity index (χ0n) is 12.4. The van der Waals surface area contributed by atoms with Gasteiger partial charge in [0.25, 0.3) is 0 Å². The van der Waals surface area contributed by atoms with Gasteiger partial charge in [-0.2, -0.15) is 0 Å². The number of fused-ring (bicyclic) bond motifs is 1. The number of carbonyl (C=O) groups is 1. The summed E-state index contributed by atoms with van der Waals surface area (Å²) in [7, 11) is 0. The van der Waals surface area contributed by atoms with Crippen LogP contribution in [0.1, 0.15) is 25.1 Å². The first-order valence-electron chi connectivity index (χ1n) is 7.60. The lowest BCUT2D eigenvalue weighted by molar-refractivity contribution is -0.122. The second-order valence-electron chi connectivity index (χ2n) is 5.83. The molecule has 3 N–H and O–H groups in total. The van der Waals surface area contributed by atoms with E-state index in [1.54, 1.807) is 0 Å². The van der Waals surface area contributed by atoms with Crippen molar-refractivity contribution in [1.82, 2.24) is 14.9 Å². The smallest absolute Gasteiger partial charge is 0.240 e. The summed E-state index contributed by atoms with van der Waals surface area (Å²) in [6.45, 7) is 2.91. The van der Waals surface area contributed by atoms with Crippen LogP contribution in [0, 0.1) is 12.8 Å². The number of nitrogens with zero attached hydrogens (tertiary/aromatic N) is 2. The first-order chi connectivity index (χ1) is 10.2. The molecule has 2 unspecified atom stereocenters. The number of nitrogens with one attached hydrogen (secondary N) is 1. The topological polar surface area (TPSA) is 72.9 Å². The molecule has 2 atom stereocenters. The number of para-hydroxylation sites is 2. The van der Waals surface area contributed by atoms with Crippen LogP contribution < -0.4 is 11.1 Å². The van der Waals surface area contributed by atoms with Gasteiger partial charge >= 0.3 is 0 Å². The number of imidazole rings is 1. The third-order valence-electron chi connectivity index (χ3n) is 4.46. The molecule has 1 aromatic carbocycles. The quantitative estimate of drug-likeness (QED) is 0.896. The van der Waals surface area contributed by atoms with E-state index in [-0.39, 0.29) is 11.9 Å². The molecule has 1 aliphatic carbocycles. The SMILES string of the molecule is Cc1nc2ccccc2n1CC(=O)NC1CCCC1CN. The van der Waals surface area contributed by atoms with Gasteiger partial charge in [0.2, 0.25) is 5.91 Å². The molecule has 1 aliphatic rings. The van der Waals surface area contributed by atoms with Crippen molar-refractivity contribution in [2.24, 2.45) is 11.7 Å². The molecule has 5 heteroatoms. The second-order valence-corrected chi connectivity index (χ2v) is 5.83. The van der Waals surface area contributed by atoms with Crippen molar-refractivity contribution < 1.29 is 4.79 Å². The maximum atomic E-state index is 12.3. The van der Waals surface area contributed by atoms with Crippen LogP contribution in [0.5, 0.6) is 0 Å². The van der Waals surface area contributed by atoms with E-state index in [1.165, 1.54) is 0 Å². The first kappa shape index (κ1) is 14.1. The average Bonchev–Trinajstić information content (AvgIpc) is 3.04. The van der Waals surface area contributed by atoms with Gasteiger partial charge in [-0.05, 0) is 44.4 Å². The zero-order chi connectivity index (χ0) is 14.8. The minimum absolute atomic E-state index is 0.0478. The van der Waals surface area contributed by atoms with Crippen LogP contribution in [-0.2, 0) is 11.3 Å². The Morgan fingerprint density at radius 3 is 3.05 bits per heavy atom. The summed E-state index contributed by atoms with van der Waals surface area (Å²) in [5.41, 5.74) is 7.71. The fourth-order valence-corrected chi connectivity index (χ4v) is 3.30. The molecule has 1 aromatic heterocycles. The van der Waals surface area contributed by atoms with Crippen LogP contribution in [0.25, 0.3) is 11.0 Å². The van der Waals surface area contributed by atoms with Crippen molar-refractivity contribution in [3.05, 3.63) is 30.1 Å². The molecular formula is C16H22N4O. The Bertz CT molecular complexity index is 649. The Morgan fingerprint density at radius 1 is 1.43 bits per heavy atom. The molecule has 21 heavy (non-hydrogen) atoms. The summed E-state index contributed by atoms with van der Waals surface area (Å²) >= 11 is 0. The second kappa shape index (κ2) is 5.85. The standard InChI is InChI=1S/C16H22N4O/c1-11-18-14-6-2-3-8-15(14)20(11)10-16(21)19-13-7-4-5-12(13)9-17/h2-3,6,8,12-13H,4-5,7,9-10,17H2,1H3,(H,19,21). The number of amides is 1. The third-order valence-corrected chi connectivity index (χ3v) is 4.46. The Labute approximate surface area is 124 Å². The van der Waals surface area contributed by atoms with Crippen LogP contribution in [-0.4, -0.2) is 28.0 Å². The molecule has 1 fully saturated rings. The lowest BCUT2D eigenvalue weighted by atomic mass is 10.0. The number of carbonyl (C=O) groups excluding carboxylic acids is 1. The van der Waals surface area contributed by atoms with Gasteiger partial charge in [0.05, 0.1) is 11.0 Å². The van der Waals surface area contributed by atoms with Gasteiger partial charge in [-0.15, -0.1) is 0 Å². The highest BCUT2D eigenvalue weighted by Gasteiger charge is 2.27. The summed E-state index contributed by atoms with van der Waals surface area (Å²) < 4.78 is 1.97. The van der Waals surface area contributed by atoms with Crippen molar-refractivity contribution in [3.8, 4) is 0 Å². The van der Waals surface area contributed by atoms with Gasteiger partial charge in [0, 0.05) is 6.04 Å². The van der Waals surface area contributed by atoms with Gasteiger partial charge in [-0.25, -0.2) is 4.98 Å². The number of hydrogen-bond donors (Lipinski definition) is 2. The van der Waals surface area contributed by atoms with E-state index in [1.807, 2.05) is 35.8 Å². The number of aryl methyl sites for hydroxylation is 1. The normalized spacial score (nSPS) is 21.8. The van der Waals surface area contributed by atoms with Crippen molar-refractivity contribution in [2.45, 2.75) is 38.8 Å². The molecule has 0 aliphatic heterocycles. The maximum absolute atomic E-state index is 12.3. The van der Waals surface area contributed by atoms with Crippen LogP contribution in [0.4, 0.5) is 0 Å². The van der Waals surface area contributed by atoms with Gasteiger partial charge in [0.1, 0.15) is 12.4 Å². The Kier molecular flexibility index (Phi) is 3.92. The van der Waals surface area contributed by atoms with E-state index >= 15 is 0 Å². The predicted octanol–water partition coefficient (Wildman–Crippen LogP) is 1.59. The van der Waals surface area contributed by atoms with Gasteiger partial charge < -0.3 is 15.6 Å². The molecule has 0 radical (unpaired) electrons. The molecule has 3 rings (SSSR count). The highest BCUT2D eigenvalue weighted by molar-refractivity contribution is 5.81. The molecule has 5 nitrogen and oxygen atoms in total. The lowest BCUT2D eigenvalue weighted by Gasteiger charge is -2.20. The number of aromatic nitrogens is 2. The lowest BCUT2D eigenvalue weighted by Crippen LogP contribution is -2.41. The van der Waals surface area contributed by atoms with E-state index in [4.69, 9.17) is 5.73 Å². The molecule has 1 amide bonds. The van der Waals surface area contributed by atoms with Gasteiger partial charge in [0.15, 0.2) is 0 Å². The first-order valence-corrected chi connectivity index (χ1v) is 7.60. The molecule has 1 saturated carbocycles. The Hall–Kier alpha value is -1.88. The van der Waals surface area contributed by atoms with Crippen molar-refractivity contribution in [1.29, 1.82) is 0 Å². The predicted molar refractivity (Wildman–Crippen MR) is 82.8 cm³/mol. The zero-order valence-corrected chi connectivity index (χ0v) is 12.4. The van der Waals surface area contributed by atoms with E-state index < -0.39 is 0 Å². The molecule has 1 heterocycles. The number of hydrogen-bond acceptors (Lipinski definition) is 3. The Morgan fingerprint density at radius 2 is 2.24 bits per heavy atom. The highest BCUT2D eigenvalue weighted by Crippen LogP contribution is 2.24. The maximum Gasteiger partial charge on any atom is 0.240 e. The summed E-state index contributed by atoms with van der Waals surface area (Å²) in [5.74, 6) is 1.34. The summed E-state index contributed by atoms with van der Waals surface area (Å²) in [5, 5.41) is 3.14.